The van der Waals surface area contributed by atoms with E-state index in [0.29, 0.717) is 6.54 Å². The Kier molecular flexibility index (Phi) is 3.69. The lowest BCUT2D eigenvalue weighted by Gasteiger charge is -2.02. The standard InChI is InChI=1S/C12H14N4O2/c1-15-9-11(8-14-15)7-13-6-10-2-4-12(5-3-10)16(17)18/h2-5,8-9,13H,6-7H2,1H3. The zero-order valence-electron chi connectivity index (χ0n) is 10.0. The van der Waals surface area contributed by atoms with E-state index in [9.17, 15) is 10.1 Å². The van der Waals surface area contributed by atoms with Crippen molar-refractivity contribution in [2.24, 2.45) is 7.05 Å². The van der Waals surface area contributed by atoms with Crippen LogP contribution in [0.25, 0.3) is 0 Å². The third kappa shape index (κ3) is 3.14. The maximum atomic E-state index is 10.5. The second kappa shape index (κ2) is 5.42. The Balaban J connectivity index is 1.85. The number of nitro benzene ring substituents is 1. The Bertz CT molecular complexity index is 533. The topological polar surface area (TPSA) is 73.0 Å². The highest BCUT2D eigenvalue weighted by atomic mass is 16.6. The van der Waals surface area contributed by atoms with Gasteiger partial charge in [0, 0.05) is 44.0 Å². The summed E-state index contributed by atoms with van der Waals surface area (Å²) in [5.41, 5.74) is 2.25. The van der Waals surface area contributed by atoms with Crippen LogP contribution in [-0.4, -0.2) is 14.7 Å². The lowest BCUT2D eigenvalue weighted by atomic mass is 10.2. The molecule has 18 heavy (non-hydrogen) atoms. The molecule has 0 atom stereocenters. The predicted octanol–water partition coefficient (Wildman–Crippen LogP) is 1.62. The molecular weight excluding hydrogens is 232 g/mol. The van der Waals surface area contributed by atoms with Crippen LogP contribution in [-0.2, 0) is 20.1 Å². The minimum Gasteiger partial charge on any atom is -0.309 e. The number of benzene rings is 1. The zero-order chi connectivity index (χ0) is 13.0. The first-order valence-electron chi connectivity index (χ1n) is 5.57. The largest absolute Gasteiger partial charge is 0.309 e. The Morgan fingerprint density at radius 1 is 1.28 bits per heavy atom. The van der Waals surface area contributed by atoms with Gasteiger partial charge in [-0.25, -0.2) is 0 Å². The van der Waals surface area contributed by atoms with E-state index < -0.39 is 4.92 Å². The van der Waals surface area contributed by atoms with Crippen molar-refractivity contribution < 1.29 is 4.92 Å². The molecule has 0 aliphatic rings. The van der Waals surface area contributed by atoms with Gasteiger partial charge in [-0.1, -0.05) is 12.1 Å². The lowest BCUT2D eigenvalue weighted by molar-refractivity contribution is -0.384. The predicted molar refractivity (Wildman–Crippen MR) is 66.8 cm³/mol. The van der Waals surface area contributed by atoms with E-state index in [2.05, 4.69) is 10.4 Å². The number of aromatic nitrogens is 2. The van der Waals surface area contributed by atoms with Gasteiger partial charge in [0.1, 0.15) is 0 Å². The molecule has 0 spiro atoms. The van der Waals surface area contributed by atoms with Crippen LogP contribution in [0, 0.1) is 10.1 Å². The molecule has 1 N–H and O–H groups in total. The average Bonchev–Trinajstić information content (AvgIpc) is 2.76. The van der Waals surface area contributed by atoms with Crippen LogP contribution in [0.4, 0.5) is 5.69 Å². The third-order valence-corrected chi connectivity index (χ3v) is 2.56. The van der Waals surface area contributed by atoms with E-state index in [-0.39, 0.29) is 5.69 Å². The number of nitro groups is 1. The van der Waals surface area contributed by atoms with Gasteiger partial charge in [0.25, 0.3) is 5.69 Å². The molecule has 2 rings (SSSR count). The molecule has 0 fully saturated rings. The summed E-state index contributed by atoms with van der Waals surface area (Å²) in [5.74, 6) is 0. The van der Waals surface area contributed by atoms with Crippen LogP contribution in [0.2, 0.25) is 0 Å². The Morgan fingerprint density at radius 3 is 2.50 bits per heavy atom. The minimum atomic E-state index is -0.396. The van der Waals surface area contributed by atoms with E-state index in [1.165, 1.54) is 12.1 Å². The number of aryl methyl sites for hydroxylation is 1. The van der Waals surface area contributed by atoms with E-state index >= 15 is 0 Å². The second-order valence-corrected chi connectivity index (χ2v) is 4.05. The van der Waals surface area contributed by atoms with E-state index in [4.69, 9.17) is 0 Å². The fourth-order valence-corrected chi connectivity index (χ4v) is 1.65. The molecule has 1 heterocycles. The lowest BCUT2D eigenvalue weighted by Crippen LogP contribution is -2.12. The Hall–Kier alpha value is -2.21. The fourth-order valence-electron chi connectivity index (χ4n) is 1.65. The molecular formula is C12H14N4O2. The summed E-state index contributed by atoms with van der Waals surface area (Å²) >= 11 is 0. The van der Waals surface area contributed by atoms with Crippen molar-refractivity contribution in [3.05, 3.63) is 57.9 Å². The molecule has 94 valence electrons. The van der Waals surface area contributed by atoms with E-state index in [1.807, 2.05) is 19.4 Å². The summed E-state index contributed by atoms with van der Waals surface area (Å²) in [7, 11) is 1.87. The third-order valence-electron chi connectivity index (χ3n) is 2.56. The zero-order valence-corrected chi connectivity index (χ0v) is 10.0. The van der Waals surface area contributed by atoms with Gasteiger partial charge >= 0.3 is 0 Å². The van der Waals surface area contributed by atoms with Crippen LogP contribution < -0.4 is 5.32 Å². The summed E-state index contributed by atoms with van der Waals surface area (Å²) in [4.78, 5) is 10.1. The number of hydrogen-bond donors (Lipinski definition) is 1. The van der Waals surface area contributed by atoms with E-state index in [1.54, 1.807) is 16.8 Å². The number of hydrogen-bond acceptors (Lipinski definition) is 4. The SMILES string of the molecule is Cn1cc(CNCc2ccc([N+](=O)[O-])cc2)cn1. The summed E-state index contributed by atoms with van der Waals surface area (Å²) < 4.78 is 1.75. The normalized spacial score (nSPS) is 10.5. The maximum Gasteiger partial charge on any atom is 0.269 e. The van der Waals surface area contributed by atoms with Crippen molar-refractivity contribution in [3.63, 3.8) is 0 Å². The smallest absolute Gasteiger partial charge is 0.269 e. The molecule has 0 saturated heterocycles. The molecule has 1 aromatic heterocycles. The van der Waals surface area contributed by atoms with Gasteiger partial charge in [-0.2, -0.15) is 5.10 Å². The van der Waals surface area contributed by atoms with Crippen LogP contribution in [0.1, 0.15) is 11.1 Å². The number of rotatable bonds is 5. The van der Waals surface area contributed by atoms with Crippen LogP contribution in [0.5, 0.6) is 0 Å². The van der Waals surface area contributed by atoms with Crippen molar-refractivity contribution in [3.8, 4) is 0 Å². The average molecular weight is 246 g/mol. The van der Waals surface area contributed by atoms with Crippen LogP contribution >= 0.6 is 0 Å². The highest BCUT2D eigenvalue weighted by Gasteiger charge is 2.03. The van der Waals surface area contributed by atoms with Gasteiger partial charge in [-0.15, -0.1) is 0 Å². The molecule has 0 bridgehead atoms. The summed E-state index contributed by atoms with van der Waals surface area (Å²) in [6.45, 7) is 1.40. The molecule has 2 aromatic rings. The maximum absolute atomic E-state index is 10.5. The first-order chi connectivity index (χ1) is 8.65. The van der Waals surface area contributed by atoms with E-state index in [0.717, 1.165) is 17.7 Å². The van der Waals surface area contributed by atoms with Gasteiger partial charge in [0.2, 0.25) is 0 Å². The molecule has 1 aromatic carbocycles. The second-order valence-electron chi connectivity index (χ2n) is 4.05. The summed E-state index contributed by atoms with van der Waals surface area (Å²) in [6, 6.07) is 6.55. The Labute approximate surface area is 104 Å². The van der Waals surface area contributed by atoms with Crippen LogP contribution in [0.15, 0.2) is 36.7 Å². The molecule has 6 heteroatoms. The quantitative estimate of drug-likeness (QED) is 0.642. The van der Waals surface area contributed by atoms with Crippen molar-refractivity contribution in [2.45, 2.75) is 13.1 Å². The first-order valence-corrected chi connectivity index (χ1v) is 5.57. The number of nitrogens with zero attached hydrogens (tertiary/aromatic N) is 3. The van der Waals surface area contributed by atoms with Gasteiger partial charge in [0.05, 0.1) is 11.1 Å². The van der Waals surface area contributed by atoms with Gasteiger partial charge in [-0.3, -0.25) is 14.8 Å². The first kappa shape index (κ1) is 12.3. The summed E-state index contributed by atoms with van der Waals surface area (Å²) in [6.07, 6.45) is 3.76. The van der Waals surface area contributed by atoms with Crippen LogP contribution in [0.3, 0.4) is 0 Å². The van der Waals surface area contributed by atoms with Crippen molar-refractivity contribution in [1.29, 1.82) is 0 Å². The molecule has 6 nitrogen and oxygen atoms in total. The molecule has 0 aliphatic heterocycles. The molecule has 0 amide bonds. The van der Waals surface area contributed by atoms with Crippen molar-refractivity contribution in [1.82, 2.24) is 15.1 Å². The van der Waals surface area contributed by atoms with Gasteiger partial charge in [-0.05, 0) is 5.56 Å². The van der Waals surface area contributed by atoms with Crippen molar-refractivity contribution >= 4 is 5.69 Å². The molecule has 0 radical (unpaired) electrons. The number of nitrogens with one attached hydrogen (secondary N) is 1. The number of non-ortho nitro benzene ring substituents is 1. The highest BCUT2D eigenvalue weighted by molar-refractivity contribution is 5.32. The monoisotopic (exact) mass is 246 g/mol. The van der Waals surface area contributed by atoms with Crippen molar-refractivity contribution in [2.75, 3.05) is 0 Å². The minimum absolute atomic E-state index is 0.117. The van der Waals surface area contributed by atoms with Gasteiger partial charge < -0.3 is 5.32 Å². The molecule has 0 saturated carbocycles. The Morgan fingerprint density at radius 2 is 1.94 bits per heavy atom. The van der Waals surface area contributed by atoms with Gasteiger partial charge in [0.15, 0.2) is 0 Å². The fraction of sp³-hybridized carbons (Fsp3) is 0.250. The highest BCUT2D eigenvalue weighted by Crippen LogP contribution is 2.11. The summed E-state index contributed by atoms with van der Waals surface area (Å²) in [5, 5.41) is 17.8. The molecule has 0 aliphatic carbocycles. The molecule has 0 unspecified atom stereocenters.